The molecule has 16 heavy (non-hydrogen) atoms. The Morgan fingerprint density at radius 1 is 1.12 bits per heavy atom. The SMILES string of the molecule is CC.CCCCNS(=O)(=O)c1ccccc1. The van der Waals surface area contributed by atoms with Crippen molar-refractivity contribution in [1.29, 1.82) is 0 Å². The summed E-state index contributed by atoms with van der Waals surface area (Å²) in [6.07, 6.45) is 1.85. The number of sulfonamides is 1. The summed E-state index contributed by atoms with van der Waals surface area (Å²) in [5, 5.41) is 0. The molecular weight excluding hydrogens is 222 g/mol. The normalized spacial score (nSPS) is 10.4. The summed E-state index contributed by atoms with van der Waals surface area (Å²) in [6.45, 7) is 6.53. The zero-order valence-corrected chi connectivity index (χ0v) is 11.0. The van der Waals surface area contributed by atoms with E-state index >= 15 is 0 Å². The molecule has 0 saturated heterocycles. The third-order valence-electron chi connectivity index (χ3n) is 1.88. The molecule has 1 aromatic rings. The first-order chi connectivity index (χ1) is 7.67. The molecule has 0 fully saturated rings. The van der Waals surface area contributed by atoms with Gasteiger partial charge in [-0.2, -0.15) is 0 Å². The average Bonchev–Trinajstić information content (AvgIpc) is 2.33. The first kappa shape index (κ1) is 15.1. The van der Waals surface area contributed by atoms with Crippen molar-refractivity contribution in [3.63, 3.8) is 0 Å². The van der Waals surface area contributed by atoms with Crippen molar-refractivity contribution in [2.75, 3.05) is 6.54 Å². The number of rotatable bonds is 5. The summed E-state index contributed by atoms with van der Waals surface area (Å²) in [7, 11) is -3.28. The highest BCUT2D eigenvalue weighted by Gasteiger charge is 2.11. The minimum atomic E-state index is -3.28. The fourth-order valence-electron chi connectivity index (χ4n) is 1.07. The van der Waals surface area contributed by atoms with Crippen LogP contribution in [0.4, 0.5) is 0 Å². The van der Waals surface area contributed by atoms with Crippen LogP contribution in [-0.4, -0.2) is 15.0 Å². The van der Waals surface area contributed by atoms with Crippen molar-refractivity contribution in [1.82, 2.24) is 4.72 Å². The van der Waals surface area contributed by atoms with E-state index in [0.717, 1.165) is 12.8 Å². The number of hydrogen-bond donors (Lipinski definition) is 1. The maximum absolute atomic E-state index is 11.6. The molecule has 0 amide bonds. The Kier molecular flexibility index (Phi) is 7.85. The minimum Gasteiger partial charge on any atom is -0.211 e. The van der Waals surface area contributed by atoms with Gasteiger partial charge < -0.3 is 0 Å². The fourth-order valence-corrected chi connectivity index (χ4v) is 2.16. The second-order valence-electron chi connectivity index (χ2n) is 3.06. The van der Waals surface area contributed by atoms with E-state index in [1.807, 2.05) is 20.8 Å². The molecule has 0 atom stereocenters. The van der Waals surface area contributed by atoms with Crippen LogP contribution in [0.3, 0.4) is 0 Å². The molecule has 4 heteroatoms. The van der Waals surface area contributed by atoms with Gasteiger partial charge in [0.2, 0.25) is 10.0 Å². The highest BCUT2D eigenvalue weighted by Crippen LogP contribution is 2.06. The van der Waals surface area contributed by atoms with Crippen molar-refractivity contribution in [3.8, 4) is 0 Å². The molecule has 0 spiro atoms. The summed E-state index contributed by atoms with van der Waals surface area (Å²) in [5.74, 6) is 0. The molecule has 0 aromatic heterocycles. The summed E-state index contributed by atoms with van der Waals surface area (Å²) in [4.78, 5) is 0.330. The minimum absolute atomic E-state index is 0.330. The third-order valence-corrected chi connectivity index (χ3v) is 3.35. The first-order valence-electron chi connectivity index (χ1n) is 5.71. The first-order valence-corrected chi connectivity index (χ1v) is 7.20. The standard InChI is InChI=1S/C10H15NO2S.C2H6/c1-2-3-9-11-14(12,13)10-7-5-4-6-8-10;1-2/h4-8,11H,2-3,9H2,1H3;1-2H3. The summed E-state index contributed by atoms with van der Waals surface area (Å²) in [5.41, 5.74) is 0. The Balaban J connectivity index is 0.00000106. The van der Waals surface area contributed by atoms with E-state index in [9.17, 15) is 8.42 Å². The molecule has 1 rings (SSSR count). The van der Waals surface area contributed by atoms with E-state index in [1.54, 1.807) is 30.3 Å². The Morgan fingerprint density at radius 2 is 1.69 bits per heavy atom. The molecule has 92 valence electrons. The molecule has 0 unspecified atom stereocenters. The topological polar surface area (TPSA) is 46.2 Å². The number of unbranched alkanes of at least 4 members (excludes halogenated alkanes) is 1. The molecule has 0 heterocycles. The predicted molar refractivity (Wildman–Crippen MR) is 67.9 cm³/mol. The zero-order chi connectivity index (χ0) is 12.4. The quantitative estimate of drug-likeness (QED) is 0.808. The van der Waals surface area contributed by atoms with Crippen molar-refractivity contribution in [3.05, 3.63) is 30.3 Å². The predicted octanol–water partition coefficient (Wildman–Crippen LogP) is 2.79. The molecule has 0 saturated carbocycles. The van der Waals surface area contributed by atoms with E-state index in [4.69, 9.17) is 0 Å². The summed E-state index contributed by atoms with van der Waals surface area (Å²) < 4.78 is 25.7. The van der Waals surface area contributed by atoms with Crippen LogP contribution in [0, 0.1) is 0 Å². The lowest BCUT2D eigenvalue weighted by atomic mass is 10.3. The van der Waals surface area contributed by atoms with E-state index in [1.165, 1.54) is 0 Å². The molecule has 0 aliphatic heterocycles. The van der Waals surface area contributed by atoms with E-state index < -0.39 is 10.0 Å². The lowest BCUT2D eigenvalue weighted by molar-refractivity contribution is 0.578. The van der Waals surface area contributed by atoms with Gasteiger partial charge in [0, 0.05) is 6.54 Å². The zero-order valence-electron chi connectivity index (χ0n) is 10.2. The van der Waals surface area contributed by atoms with Gasteiger partial charge in [0.05, 0.1) is 4.90 Å². The van der Waals surface area contributed by atoms with Gasteiger partial charge in [-0.05, 0) is 18.6 Å². The second-order valence-corrected chi connectivity index (χ2v) is 4.83. The van der Waals surface area contributed by atoms with Crippen molar-refractivity contribution >= 4 is 10.0 Å². The summed E-state index contributed by atoms with van der Waals surface area (Å²) in [6, 6.07) is 8.41. The van der Waals surface area contributed by atoms with E-state index in [0.29, 0.717) is 11.4 Å². The maximum Gasteiger partial charge on any atom is 0.240 e. The van der Waals surface area contributed by atoms with Crippen LogP contribution >= 0.6 is 0 Å². The van der Waals surface area contributed by atoms with Gasteiger partial charge in [-0.15, -0.1) is 0 Å². The summed E-state index contributed by atoms with van der Waals surface area (Å²) >= 11 is 0. The molecule has 0 aliphatic carbocycles. The van der Waals surface area contributed by atoms with Gasteiger partial charge in [0.1, 0.15) is 0 Å². The Morgan fingerprint density at radius 3 is 2.19 bits per heavy atom. The third kappa shape index (κ3) is 5.28. The van der Waals surface area contributed by atoms with Gasteiger partial charge in [0.15, 0.2) is 0 Å². The van der Waals surface area contributed by atoms with E-state index in [2.05, 4.69) is 4.72 Å². The van der Waals surface area contributed by atoms with Crippen molar-refractivity contribution < 1.29 is 8.42 Å². The van der Waals surface area contributed by atoms with Gasteiger partial charge in [-0.25, -0.2) is 13.1 Å². The molecular formula is C12H21NO2S. The highest BCUT2D eigenvalue weighted by molar-refractivity contribution is 7.89. The lowest BCUT2D eigenvalue weighted by Gasteiger charge is -2.04. The van der Waals surface area contributed by atoms with Crippen LogP contribution in [0.5, 0.6) is 0 Å². The smallest absolute Gasteiger partial charge is 0.211 e. The van der Waals surface area contributed by atoms with Crippen LogP contribution in [0.15, 0.2) is 35.2 Å². The van der Waals surface area contributed by atoms with Gasteiger partial charge in [-0.3, -0.25) is 0 Å². The van der Waals surface area contributed by atoms with Crippen molar-refractivity contribution in [2.45, 2.75) is 38.5 Å². The lowest BCUT2D eigenvalue weighted by Crippen LogP contribution is -2.24. The molecule has 1 N–H and O–H groups in total. The van der Waals surface area contributed by atoms with Crippen LogP contribution in [-0.2, 0) is 10.0 Å². The Bertz CT molecular complexity index is 360. The number of nitrogens with one attached hydrogen (secondary N) is 1. The van der Waals surface area contributed by atoms with Crippen LogP contribution in [0.2, 0.25) is 0 Å². The number of benzene rings is 1. The van der Waals surface area contributed by atoms with Gasteiger partial charge in [-0.1, -0.05) is 45.4 Å². The van der Waals surface area contributed by atoms with Gasteiger partial charge in [0.25, 0.3) is 0 Å². The van der Waals surface area contributed by atoms with Crippen LogP contribution in [0.1, 0.15) is 33.6 Å². The Labute approximate surface area is 98.9 Å². The molecule has 1 aromatic carbocycles. The van der Waals surface area contributed by atoms with Crippen molar-refractivity contribution in [2.24, 2.45) is 0 Å². The van der Waals surface area contributed by atoms with Gasteiger partial charge >= 0.3 is 0 Å². The second kappa shape index (κ2) is 8.30. The van der Waals surface area contributed by atoms with Crippen LogP contribution in [0.25, 0.3) is 0 Å². The van der Waals surface area contributed by atoms with Crippen LogP contribution < -0.4 is 4.72 Å². The Hall–Kier alpha value is -0.870. The molecule has 0 radical (unpaired) electrons. The average molecular weight is 243 g/mol. The molecule has 3 nitrogen and oxygen atoms in total. The largest absolute Gasteiger partial charge is 0.240 e. The monoisotopic (exact) mass is 243 g/mol. The maximum atomic E-state index is 11.6. The number of hydrogen-bond acceptors (Lipinski definition) is 2. The molecule has 0 bridgehead atoms. The van der Waals surface area contributed by atoms with E-state index in [-0.39, 0.29) is 0 Å². The highest BCUT2D eigenvalue weighted by atomic mass is 32.2. The molecule has 0 aliphatic rings. The fraction of sp³-hybridized carbons (Fsp3) is 0.500.